The van der Waals surface area contributed by atoms with Crippen LogP contribution in [0.1, 0.15) is 10.5 Å². The largest absolute Gasteiger partial charge is 0.480 e. The van der Waals surface area contributed by atoms with Gasteiger partial charge >= 0.3 is 0 Å². The number of amides is 1. The number of pyridine rings is 1. The minimum atomic E-state index is -4.40. The van der Waals surface area contributed by atoms with E-state index in [0.717, 1.165) is 9.87 Å². The molecule has 2 heterocycles. The van der Waals surface area contributed by atoms with Gasteiger partial charge in [0.2, 0.25) is 5.88 Å². The monoisotopic (exact) mass is 574 g/mol. The van der Waals surface area contributed by atoms with Gasteiger partial charge in [-0.15, -0.1) is 11.3 Å². The van der Waals surface area contributed by atoms with E-state index in [1.165, 1.54) is 55.0 Å². The number of nitrogens with zero attached hydrogens (tertiary/aromatic N) is 3. The van der Waals surface area contributed by atoms with Crippen LogP contribution in [0.25, 0.3) is 10.6 Å². The second-order valence-electron chi connectivity index (χ2n) is 7.94. The van der Waals surface area contributed by atoms with Crippen LogP contribution in [0.5, 0.6) is 5.88 Å². The standard InChI is InChI=1S/C25H23ClN4O6S2/c1-36-24-22(38(34,35)30(13-20(32)14-31)19-9-7-17(26)8-10-19)11-18(12-27-24)28-23(33)21-15-37-25(29-21)16-5-3-2-4-6-16/h2-12,15,20,31-32H,13-14H2,1H3,(H,28,33). The van der Waals surface area contributed by atoms with Crippen LogP contribution < -0.4 is 14.4 Å². The summed E-state index contributed by atoms with van der Waals surface area (Å²) < 4.78 is 33.6. The average molecular weight is 575 g/mol. The molecule has 3 N–H and O–H groups in total. The Labute approximate surface area is 228 Å². The van der Waals surface area contributed by atoms with Gasteiger partial charge in [0.15, 0.2) is 4.90 Å². The molecule has 1 atom stereocenters. The predicted molar refractivity (Wildman–Crippen MR) is 145 cm³/mol. The normalized spacial score (nSPS) is 12.1. The van der Waals surface area contributed by atoms with Crippen LogP contribution >= 0.6 is 22.9 Å². The van der Waals surface area contributed by atoms with E-state index in [9.17, 15) is 23.4 Å². The predicted octanol–water partition coefficient (Wildman–Crippen LogP) is 3.67. The lowest BCUT2D eigenvalue weighted by molar-refractivity contribution is 0.102. The molecule has 0 aliphatic heterocycles. The van der Waals surface area contributed by atoms with Gasteiger partial charge in [-0.1, -0.05) is 41.9 Å². The van der Waals surface area contributed by atoms with Crippen molar-refractivity contribution in [1.29, 1.82) is 0 Å². The number of hydrogen-bond donors (Lipinski definition) is 3. The second-order valence-corrected chi connectivity index (χ2v) is 11.1. The Morgan fingerprint density at radius 3 is 2.55 bits per heavy atom. The van der Waals surface area contributed by atoms with Crippen molar-refractivity contribution in [2.75, 3.05) is 29.9 Å². The highest BCUT2D eigenvalue weighted by molar-refractivity contribution is 7.93. The quantitative estimate of drug-likeness (QED) is 0.260. The van der Waals surface area contributed by atoms with Crippen molar-refractivity contribution in [3.63, 3.8) is 0 Å². The summed E-state index contributed by atoms with van der Waals surface area (Å²) in [6.45, 7) is -1.12. The van der Waals surface area contributed by atoms with Crippen LogP contribution in [0.2, 0.25) is 5.02 Å². The van der Waals surface area contributed by atoms with E-state index in [4.69, 9.17) is 16.3 Å². The Morgan fingerprint density at radius 1 is 1.18 bits per heavy atom. The minimum Gasteiger partial charge on any atom is -0.480 e. The number of carbonyl (C=O) groups is 1. The van der Waals surface area contributed by atoms with Gasteiger partial charge in [0, 0.05) is 16.0 Å². The Balaban J connectivity index is 1.66. The van der Waals surface area contributed by atoms with Crippen LogP contribution in [-0.4, -0.2) is 60.9 Å². The first-order chi connectivity index (χ1) is 18.2. The van der Waals surface area contributed by atoms with Crippen molar-refractivity contribution >= 4 is 50.2 Å². The third kappa shape index (κ3) is 6.11. The molecular weight excluding hydrogens is 552 g/mol. The molecule has 0 aliphatic carbocycles. The zero-order valence-corrected chi connectivity index (χ0v) is 22.4. The summed E-state index contributed by atoms with van der Waals surface area (Å²) >= 11 is 7.25. The van der Waals surface area contributed by atoms with Crippen molar-refractivity contribution in [3.8, 4) is 16.5 Å². The molecule has 1 unspecified atom stereocenters. The molecule has 0 saturated carbocycles. The number of thiazole rings is 1. The van der Waals surface area contributed by atoms with Crippen LogP contribution in [-0.2, 0) is 10.0 Å². The summed E-state index contributed by atoms with van der Waals surface area (Å²) in [6.07, 6.45) is -0.110. The van der Waals surface area contributed by atoms with Crippen molar-refractivity contribution in [3.05, 3.63) is 83.0 Å². The van der Waals surface area contributed by atoms with Crippen LogP contribution in [0.4, 0.5) is 11.4 Å². The Kier molecular flexibility index (Phi) is 8.59. The van der Waals surface area contributed by atoms with Crippen molar-refractivity contribution in [2.45, 2.75) is 11.0 Å². The van der Waals surface area contributed by atoms with Gasteiger partial charge in [0.05, 0.1) is 43.9 Å². The molecule has 0 spiro atoms. The molecule has 0 fully saturated rings. The first-order valence-corrected chi connectivity index (χ1v) is 13.9. The van der Waals surface area contributed by atoms with E-state index >= 15 is 0 Å². The molecule has 10 nitrogen and oxygen atoms in total. The molecular formula is C25H23ClN4O6S2. The van der Waals surface area contributed by atoms with E-state index in [-0.39, 0.29) is 27.8 Å². The first-order valence-electron chi connectivity index (χ1n) is 11.2. The molecule has 1 amide bonds. The van der Waals surface area contributed by atoms with Gasteiger partial charge in [-0.2, -0.15) is 0 Å². The number of hydrogen-bond acceptors (Lipinski definition) is 9. The first kappa shape index (κ1) is 27.5. The second kappa shape index (κ2) is 11.9. The molecule has 13 heteroatoms. The summed E-state index contributed by atoms with van der Waals surface area (Å²) in [7, 11) is -3.14. The number of aliphatic hydroxyl groups is 2. The van der Waals surface area contributed by atoms with Crippen molar-refractivity contribution in [1.82, 2.24) is 9.97 Å². The minimum absolute atomic E-state index is 0.0856. The maximum atomic E-state index is 13.8. The highest BCUT2D eigenvalue weighted by Crippen LogP contribution is 2.32. The third-order valence-corrected chi connectivity index (χ3v) is 8.23. The lowest BCUT2D eigenvalue weighted by Crippen LogP contribution is -2.39. The summed E-state index contributed by atoms with van der Waals surface area (Å²) in [4.78, 5) is 21.0. The lowest BCUT2D eigenvalue weighted by Gasteiger charge is -2.27. The number of nitrogens with one attached hydrogen (secondary N) is 1. The molecule has 2 aromatic carbocycles. The molecule has 0 saturated heterocycles. The lowest BCUT2D eigenvalue weighted by atomic mass is 10.2. The summed E-state index contributed by atoms with van der Waals surface area (Å²) in [6, 6.07) is 16.5. The van der Waals surface area contributed by atoms with Gasteiger partial charge in [0.25, 0.3) is 15.9 Å². The van der Waals surface area contributed by atoms with Gasteiger partial charge in [-0.05, 0) is 30.3 Å². The Bertz CT molecular complexity index is 1510. The Hall–Kier alpha value is -3.55. The van der Waals surface area contributed by atoms with E-state index in [1.807, 2.05) is 30.3 Å². The fourth-order valence-corrected chi connectivity index (χ4v) is 6.01. The number of ether oxygens (including phenoxy) is 1. The fraction of sp³-hybridized carbons (Fsp3) is 0.160. The number of methoxy groups -OCH3 is 1. The van der Waals surface area contributed by atoms with Crippen LogP contribution in [0.15, 0.2) is 77.1 Å². The maximum absolute atomic E-state index is 13.8. The average Bonchev–Trinajstić information content (AvgIpc) is 3.43. The topological polar surface area (TPSA) is 142 Å². The zero-order chi connectivity index (χ0) is 27.3. The number of benzene rings is 2. The number of rotatable bonds is 10. The fourth-order valence-electron chi connectivity index (χ4n) is 3.44. The summed E-state index contributed by atoms with van der Waals surface area (Å²) in [5.74, 6) is -0.774. The number of sulfonamides is 1. The maximum Gasteiger partial charge on any atom is 0.275 e. The van der Waals surface area contributed by atoms with E-state index in [0.29, 0.717) is 10.0 Å². The van der Waals surface area contributed by atoms with Gasteiger partial charge in [-0.25, -0.2) is 18.4 Å². The van der Waals surface area contributed by atoms with Gasteiger partial charge < -0.3 is 20.3 Å². The molecule has 0 aliphatic rings. The number of anilines is 2. The molecule has 0 bridgehead atoms. The molecule has 4 aromatic rings. The van der Waals surface area contributed by atoms with E-state index in [2.05, 4.69) is 15.3 Å². The number of carbonyl (C=O) groups excluding carboxylic acids is 1. The molecule has 0 radical (unpaired) electrons. The van der Waals surface area contributed by atoms with Crippen molar-refractivity contribution < 1.29 is 28.2 Å². The van der Waals surface area contributed by atoms with Gasteiger partial charge in [-0.3, -0.25) is 9.10 Å². The highest BCUT2D eigenvalue weighted by Gasteiger charge is 2.31. The molecule has 38 heavy (non-hydrogen) atoms. The zero-order valence-electron chi connectivity index (χ0n) is 20.0. The number of aliphatic hydroxyl groups excluding tert-OH is 2. The van der Waals surface area contributed by atoms with Gasteiger partial charge in [0.1, 0.15) is 10.7 Å². The highest BCUT2D eigenvalue weighted by atomic mass is 35.5. The van der Waals surface area contributed by atoms with E-state index < -0.39 is 35.2 Å². The van der Waals surface area contributed by atoms with Crippen LogP contribution in [0, 0.1) is 0 Å². The summed E-state index contributed by atoms with van der Waals surface area (Å²) in [5.41, 5.74) is 1.29. The number of aromatic nitrogens is 2. The van der Waals surface area contributed by atoms with Crippen LogP contribution in [0.3, 0.4) is 0 Å². The molecule has 198 valence electrons. The smallest absolute Gasteiger partial charge is 0.275 e. The van der Waals surface area contributed by atoms with Crippen molar-refractivity contribution in [2.24, 2.45) is 0 Å². The molecule has 2 aromatic heterocycles. The summed E-state index contributed by atoms with van der Waals surface area (Å²) in [5, 5.41) is 24.7. The Morgan fingerprint density at radius 2 is 1.89 bits per heavy atom. The number of halogens is 1. The van der Waals surface area contributed by atoms with E-state index in [1.54, 1.807) is 5.38 Å². The molecule has 4 rings (SSSR count). The third-order valence-electron chi connectivity index (χ3n) is 5.30. The SMILES string of the molecule is COc1ncc(NC(=O)c2csc(-c3ccccc3)n2)cc1S(=O)(=O)N(CC(O)CO)c1ccc(Cl)cc1.